The maximum absolute atomic E-state index is 9.84. The van der Waals surface area contributed by atoms with Gasteiger partial charge in [-0.05, 0) is 56.1 Å². The van der Waals surface area contributed by atoms with Crippen LogP contribution in [0, 0.1) is 0 Å². The zero-order valence-electron chi connectivity index (χ0n) is 9.61. The molecule has 0 unspecified atom stereocenters. The Kier molecular flexibility index (Phi) is 5.22. The van der Waals surface area contributed by atoms with E-state index in [9.17, 15) is 10.2 Å². The SMILES string of the molecule is Oc1cc(Br)cc(Br)c1/N=N/c1c(O)cc(Br)cc1Br. The van der Waals surface area contributed by atoms with Gasteiger partial charge < -0.3 is 10.2 Å². The average Bonchev–Trinajstić information content (AvgIpc) is 2.30. The third-order valence-electron chi connectivity index (χ3n) is 2.27. The molecule has 0 aliphatic heterocycles. The molecule has 2 rings (SSSR count). The summed E-state index contributed by atoms with van der Waals surface area (Å²) < 4.78 is 2.60. The van der Waals surface area contributed by atoms with Crippen molar-refractivity contribution in [3.63, 3.8) is 0 Å². The molecule has 0 bridgehead atoms. The standard InChI is InChI=1S/C12H6Br4N2O2/c13-5-1-7(15)11(9(19)3-5)17-18-12-8(16)2-6(14)4-10(12)20/h1-4,19-20H/b18-17+. The fourth-order valence-corrected chi connectivity index (χ4v) is 3.97. The van der Waals surface area contributed by atoms with Gasteiger partial charge in [-0.25, -0.2) is 0 Å². The van der Waals surface area contributed by atoms with E-state index in [1.807, 2.05) is 0 Å². The summed E-state index contributed by atoms with van der Waals surface area (Å²) in [5.41, 5.74) is 0.560. The van der Waals surface area contributed by atoms with Gasteiger partial charge in [0.1, 0.15) is 22.9 Å². The predicted molar refractivity (Wildman–Crippen MR) is 91.2 cm³/mol. The molecule has 0 aliphatic carbocycles. The van der Waals surface area contributed by atoms with Crippen molar-refractivity contribution in [1.29, 1.82) is 0 Å². The van der Waals surface area contributed by atoms with Crippen molar-refractivity contribution in [3.8, 4) is 11.5 Å². The molecule has 0 spiro atoms. The minimum atomic E-state index is -0.0253. The summed E-state index contributed by atoms with van der Waals surface area (Å²) in [4.78, 5) is 0. The molecule has 2 aromatic rings. The Morgan fingerprint density at radius 2 is 1.00 bits per heavy atom. The van der Waals surface area contributed by atoms with Crippen LogP contribution in [0.1, 0.15) is 0 Å². The van der Waals surface area contributed by atoms with E-state index in [0.717, 1.165) is 0 Å². The Morgan fingerprint density at radius 3 is 1.30 bits per heavy atom. The first-order chi connectivity index (χ1) is 9.38. The van der Waals surface area contributed by atoms with Crippen LogP contribution < -0.4 is 0 Å². The van der Waals surface area contributed by atoms with Crippen LogP contribution in [-0.2, 0) is 0 Å². The largest absolute Gasteiger partial charge is 0.506 e. The van der Waals surface area contributed by atoms with Crippen LogP contribution in [0.5, 0.6) is 11.5 Å². The van der Waals surface area contributed by atoms with Crippen LogP contribution in [0.25, 0.3) is 0 Å². The van der Waals surface area contributed by atoms with E-state index >= 15 is 0 Å². The second-order valence-corrected chi connectivity index (χ2v) is 7.25. The lowest BCUT2D eigenvalue weighted by Gasteiger charge is -2.04. The van der Waals surface area contributed by atoms with Crippen LogP contribution in [0.15, 0.2) is 52.4 Å². The first-order valence-corrected chi connectivity index (χ1v) is 8.33. The van der Waals surface area contributed by atoms with E-state index < -0.39 is 0 Å². The number of nitrogens with zero attached hydrogens (tertiary/aromatic N) is 2. The van der Waals surface area contributed by atoms with Gasteiger partial charge in [0.15, 0.2) is 0 Å². The summed E-state index contributed by atoms with van der Waals surface area (Å²) in [5, 5.41) is 27.6. The van der Waals surface area contributed by atoms with Crippen LogP contribution in [0.3, 0.4) is 0 Å². The third-order valence-corrected chi connectivity index (χ3v) is 4.39. The number of hydrogen-bond acceptors (Lipinski definition) is 4. The summed E-state index contributed by atoms with van der Waals surface area (Å²) in [7, 11) is 0. The lowest BCUT2D eigenvalue weighted by atomic mass is 10.3. The number of phenols is 2. The molecule has 0 radical (unpaired) electrons. The molecule has 104 valence electrons. The van der Waals surface area contributed by atoms with Crippen LogP contribution >= 0.6 is 63.7 Å². The van der Waals surface area contributed by atoms with Crippen molar-refractivity contribution >= 4 is 75.1 Å². The summed E-state index contributed by atoms with van der Waals surface area (Å²) in [6.45, 7) is 0. The molecule has 0 saturated carbocycles. The quantitative estimate of drug-likeness (QED) is 0.433. The highest BCUT2D eigenvalue weighted by atomic mass is 79.9. The molecule has 0 fully saturated rings. The highest BCUT2D eigenvalue weighted by Crippen LogP contribution is 2.42. The summed E-state index contributed by atoms with van der Waals surface area (Å²) in [6, 6.07) is 6.50. The van der Waals surface area contributed by atoms with Gasteiger partial charge in [-0.3, -0.25) is 0 Å². The molecule has 20 heavy (non-hydrogen) atoms. The second kappa shape index (κ2) is 6.55. The third kappa shape index (κ3) is 3.60. The first kappa shape index (κ1) is 15.9. The minimum Gasteiger partial charge on any atom is -0.506 e. The average molecular weight is 530 g/mol. The Labute approximate surface area is 148 Å². The van der Waals surface area contributed by atoms with Gasteiger partial charge in [0.05, 0.1) is 8.95 Å². The van der Waals surface area contributed by atoms with Gasteiger partial charge in [0.2, 0.25) is 0 Å². The predicted octanol–water partition coefficient (Wildman–Crippen LogP) is 6.56. The van der Waals surface area contributed by atoms with Crippen molar-refractivity contribution in [1.82, 2.24) is 0 Å². The Morgan fingerprint density at radius 1 is 0.650 bits per heavy atom. The monoisotopic (exact) mass is 526 g/mol. The number of phenolic OH excluding ortho intramolecular Hbond substituents is 2. The van der Waals surface area contributed by atoms with Gasteiger partial charge in [-0.1, -0.05) is 31.9 Å². The van der Waals surface area contributed by atoms with E-state index in [-0.39, 0.29) is 22.9 Å². The smallest absolute Gasteiger partial charge is 0.145 e. The Hall–Kier alpha value is -0.440. The van der Waals surface area contributed by atoms with Gasteiger partial charge in [0.25, 0.3) is 0 Å². The topological polar surface area (TPSA) is 65.2 Å². The molecular formula is C12H6Br4N2O2. The molecule has 0 amide bonds. The van der Waals surface area contributed by atoms with E-state index in [1.165, 1.54) is 12.1 Å². The summed E-state index contributed by atoms with van der Waals surface area (Å²) in [5.74, 6) is -0.0505. The first-order valence-electron chi connectivity index (χ1n) is 5.16. The fourth-order valence-electron chi connectivity index (χ4n) is 1.40. The second-order valence-electron chi connectivity index (χ2n) is 3.71. The van der Waals surface area contributed by atoms with E-state index in [1.54, 1.807) is 12.1 Å². The molecule has 0 heterocycles. The van der Waals surface area contributed by atoms with Crippen LogP contribution in [-0.4, -0.2) is 10.2 Å². The van der Waals surface area contributed by atoms with E-state index in [2.05, 4.69) is 73.9 Å². The van der Waals surface area contributed by atoms with Crippen LogP contribution in [0.4, 0.5) is 11.4 Å². The molecule has 0 aromatic heterocycles. The molecule has 2 aromatic carbocycles. The lowest BCUT2D eigenvalue weighted by Crippen LogP contribution is -1.75. The fraction of sp³-hybridized carbons (Fsp3) is 0. The van der Waals surface area contributed by atoms with Crippen LogP contribution in [0.2, 0.25) is 0 Å². The number of hydrogen-bond donors (Lipinski definition) is 2. The number of azo groups is 1. The minimum absolute atomic E-state index is 0.0253. The molecule has 0 saturated heterocycles. The van der Waals surface area contributed by atoms with Gasteiger partial charge in [-0.15, -0.1) is 10.2 Å². The molecule has 8 heteroatoms. The van der Waals surface area contributed by atoms with Gasteiger partial charge in [0, 0.05) is 8.95 Å². The number of rotatable bonds is 2. The van der Waals surface area contributed by atoms with Crippen molar-refractivity contribution in [2.75, 3.05) is 0 Å². The van der Waals surface area contributed by atoms with Crippen molar-refractivity contribution in [2.45, 2.75) is 0 Å². The zero-order chi connectivity index (χ0) is 14.9. The van der Waals surface area contributed by atoms with E-state index in [0.29, 0.717) is 17.9 Å². The zero-order valence-corrected chi connectivity index (χ0v) is 16.0. The summed E-state index contributed by atoms with van der Waals surface area (Å²) >= 11 is 13.1. The number of aromatic hydroxyl groups is 2. The van der Waals surface area contributed by atoms with Gasteiger partial charge in [-0.2, -0.15) is 0 Å². The molecule has 4 nitrogen and oxygen atoms in total. The highest BCUT2D eigenvalue weighted by molar-refractivity contribution is 9.11. The molecular weight excluding hydrogens is 524 g/mol. The maximum Gasteiger partial charge on any atom is 0.145 e. The number of halogens is 4. The van der Waals surface area contributed by atoms with Crippen molar-refractivity contribution in [2.24, 2.45) is 10.2 Å². The van der Waals surface area contributed by atoms with Crippen molar-refractivity contribution in [3.05, 3.63) is 42.2 Å². The Balaban J connectivity index is 2.45. The lowest BCUT2D eigenvalue weighted by molar-refractivity contribution is 0.473. The van der Waals surface area contributed by atoms with Crippen molar-refractivity contribution < 1.29 is 10.2 Å². The number of benzene rings is 2. The normalized spacial score (nSPS) is 11.2. The van der Waals surface area contributed by atoms with E-state index in [4.69, 9.17) is 0 Å². The molecule has 0 aliphatic rings. The molecule has 2 N–H and O–H groups in total. The van der Waals surface area contributed by atoms with Gasteiger partial charge >= 0.3 is 0 Å². The maximum atomic E-state index is 9.84. The summed E-state index contributed by atoms with van der Waals surface area (Å²) in [6.07, 6.45) is 0. The Bertz CT molecular complexity index is 598. The highest BCUT2D eigenvalue weighted by Gasteiger charge is 2.10. The molecule has 0 atom stereocenters.